The minimum atomic E-state index is -1.34. The van der Waals surface area contributed by atoms with E-state index in [-0.39, 0.29) is 0 Å². The van der Waals surface area contributed by atoms with Gasteiger partial charge in [0.25, 0.3) is 5.91 Å². The predicted octanol–water partition coefficient (Wildman–Crippen LogP) is 0.699. The number of nitrogens with one attached hydrogen (secondary N) is 1. The first-order chi connectivity index (χ1) is 10.9. The van der Waals surface area contributed by atoms with Crippen LogP contribution in [0, 0.1) is 0 Å². The van der Waals surface area contributed by atoms with E-state index in [1.54, 1.807) is 18.2 Å². The number of carbonyl (C=O) groups is 3. The van der Waals surface area contributed by atoms with E-state index in [4.69, 9.17) is 14.6 Å². The minimum Gasteiger partial charge on any atom is -0.490 e. The van der Waals surface area contributed by atoms with E-state index in [0.717, 1.165) is 6.42 Å². The summed E-state index contributed by atoms with van der Waals surface area (Å²) in [7, 11) is 0. The van der Waals surface area contributed by atoms with Gasteiger partial charge >= 0.3 is 12.0 Å². The molecule has 2 N–H and O–H groups in total. The summed E-state index contributed by atoms with van der Waals surface area (Å²) in [6, 6.07) is 4.26. The highest BCUT2D eigenvalue weighted by molar-refractivity contribution is 6.08. The summed E-state index contributed by atoms with van der Waals surface area (Å²) in [5.74, 6) is -0.787. The van der Waals surface area contributed by atoms with Gasteiger partial charge < -0.3 is 19.9 Å². The molecule has 0 spiro atoms. The van der Waals surface area contributed by atoms with Gasteiger partial charge in [-0.2, -0.15) is 0 Å². The summed E-state index contributed by atoms with van der Waals surface area (Å²) in [4.78, 5) is 35.9. The highest BCUT2D eigenvalue weighted by atomic mass is 16.5. The van der Waals surface area contributed by atoms with Gasteiger partial charge in [-0.25, -0.2) is 4.79 Å². The van der Waals surface area contributed by atoms with Crippen LogP contribution in [-0.2, 0) is 15.1 Å². The summed E-state index contributed by atoms with van der Waals surface area (Å²) in [6.45, 7) is 1.91. The van der Waals surface area contributed by atoms with Crippen molar-refractivity contribution in [2.45, 2.75) is 18.9 Å². The van der Waals surface area contributed by atoms with Crippen LogP contribution in [0.25, 0.3) is 0 Å². The molecule has 1 aromatic rings. The summed E-state index contributed by atoms with van der Waals surface area (Å²) in [5.41, 5.74) is -0.829. The molecule has 0 radical (unpaired) electrons. The van der Waals surface area contributed by atoms with Gasteiger partial charge in [-0.3, -0.25) is 14.5 Å². The molecule has 2 heterocycles. The van der Waals surface area contributed by atoms with Gasteiger partial charge in [-0.15, -0.1) is 0 Å². The molecular weight excluding hydrogens is 304 g/mol. The number of carboxylic acid groups (broad SMARTS) is 1. The molecule has 1 atom stereocenters. The number of hydrogen-bond donors (Lipinski definition) is 2. The monoisotopic (exact) mass is 320 g/mol. The number of carbonyl (C=O) groups excluding carboxylic acids is 2. The fourth-order valence-electron chi connectivity index (χ4n) is 2.65. The summed E-state index contributed by atoms with van der Waals surface area (Å²) in [5, 5.41) is 11.4. The van der Waals surface area contributed by atoms with Gasteiger partial charge in [0, 0.05) is 6.42 Å². The second-order valence-corrected chi connectivity index (χ2v) is 5.55. The molecule has 23 heavy (non-hydrogen) atoms. The molecule has 0 saturated carbocycles. The van der Waals surface area contributed by atoms with Gasteiger partial charge in [-0.05, 0) is 24.6 Å². The third-order valence-corrected chi connectivity index (χ3v) is 3.89. The van der Waals surface area contributed by atoms with Crippen molar-refractivity contribution in [1.29, 1.82) is 0 Å². The van der Waals surface area contributed by atoms with Crippen LogP contribution in [0.2, 0.25) is 0 Å². The molecule has 1 saturated heterocycles. The number of aliphatic carboxylic acids is 1. The topological polar surface area (TPSA) is 105 Å². The highest BCUT2D eigenvalue weighted by Crippen LogP contribution is 2.36. The number of amides is 3. The van der Waals surface area contributed by atoms with Crippen LogP contribution in [0.5, 0.6) is 11.5 Å². The average Bonchev–Trinajstić information content (AvgIpc) is 2.70. The Morgan fingerprint density at radius 3 is 2.70 bits per heavy atom. The third-order valence-electron chi connectivity index (χ3n) is 3.89. The van der Waals surface area contributed by atoms with Crippen molar-refractivity contribution in [2.24, 2.45) is 0 Å². The quantitative estimate of drug-likeness (QED) is 0.794. The van der Waals surface area contributed by atoms with E-state index < -0.39 is 30.0 Å². The average molecular weight is 320 g/mol. The van der Waals surface area contributed by atoms with Crippen LogP contribution in [0.1, 0.15) is 18.9 Å². The molecule has 3 amide bonds. The molecule has 1 unspecified atom stereocenters. The second kappa shape index (κ2) is 5.45. The highest BCUT2D eigenvalue weighted by Gasteiger charge is 2.49. The lowest BCUT2D eigenvalue weighted by molar-refractivity contribution is -0.142. The Morgan fingerprint density at radius 1 is 1.30 bits per heavy atom. The van der Waals surface area contributed by atoms with E-state index in [2.05, 4.69) is 5.32 Å². The van der Waals surface area contributed by atoms with E-state index in [1.807, 2.05) is 0 Å². The number of benzene rings is 1. The number of carboxylic acids is 1. The lowest BCUT2D eigenvalue weighted by Gasteiger charge is -2.23. The maximum absolute atomic E-state index is 12.5. The minimum absolute atomic E-state index is 0.499. The number of imide groups is 1. The van der Waals surface area contributed by atoms with Crippen molar-refractivity contribution < 1.29 is 29.0 Å². The Bertz CT molecular complexity index is 689. The first-order valence-electron chi connectivity index (χ1n) is 7.18. The Kier molecular flexibility index (Phi) is 3.59. The molecule has 8 heteroatoms. The molecule has 0 aromatic heterocycles. The number of urea groups is 1. The van der Waals surface area contributed by atoms with E-state index in [1.165, 1.54) is 6.92 Å². The SMILES string of the molecule is CC1(c2ccc3c(c2)OCCCO3)NC(=O)N(CC(=O)O)C1=O. The molecule has 0 bridgehead atoms. The zero-order valence-electron chi connectivity index (χ0n) is 12.5. The maximum atomic E-state index is 12.5. The van der Waals surface area contributed by atoms with Crippen molar-refractivity contribution in [3.63, 3.8) is 0 Å². The number of rotatable bonds is 3. The first-order valence-corrected chi connectivity index (χ1v) is 7.18. The Balaban J connectivity index is 1.94. The van der Waals surface area contributed by atoms with E-state index in [0.29, 0.717) is 35.2 Å². The molecule has 3 rings (SSSR count). The van der Waals surface area contributed by atoms with Crippen molar-refractivity contribution in [1.82, 2.24) is 10.2 Å². The number of nitrogens with zero attached hydrogens (tertiary/aromatic N) is 1. The third kappa shape index (κ3) is 2.56. The van der Waals surface area contributed by atoms with Crippen LogP contribution < -0.4 is 14.8 Å². The summed E-state index contributed by atoms with van der Waals surface area (Å²) in [6.07, 6.45) is 0.753. The molecule has 122 valence electrons. The Hall–Kier alpha value is -2.77. The van der Waals surface area contributed by atoms with Gasteiger partial charge in [0.15, 0.2) is 11.5 Å². The van der Waals surface area contributed by atoms with Crippen LogP contribution in [0.15, 0.2) is 18.2 Å². The molecule has 0 aliphatic carbocycles. The van der Waals surface area contributed by atoms with Gasteiger partial charge in [-0.1, -0.05) is 6.07 Å². The Morgan fingerprint density at radius 2 is 2.00 bits per heavy atom. The Labute approximate surface area is 132 Å². The van der Waals surface area contributed by atoms with Crippen molar-refractivity contribution in [3.8, 4) is 11.5 Å². The number of ether oxygens (including phenoxy) is 2. The summed E-state index contributed by atoms with van der Waals surface area (Å²) < 4.78 is 11.1. The van der Waals surface area contributed by atoms with Crippen molar-refractivity contribution >= 4 is 17.9 Å². The standard InChI is InChI=1S/C15H16N2O6/c1-15(13(20)17(8-12(18)19)14(21)16-15)9-3-4-10-11(7-9)23-6-2-5-22-10/h3-4,7H,2,5-6,8H2,1H3,(H,16,21)(H,18,19). The zero-order chi connectivity index (χ0) is 16.6. The zero-order valence-corrected chi connectivity index (χ0v) is 12.5. The fourth-order valence-corrected chi connectivity index (χ4v) is 2.65. The van der Waals surface area contributed by atoms with Crippen LogP contribution in [0.4, 0.5) is 4.79 Å². The molecular formula is C15H16N2O6. The maximum Gasteiger partial charge on any atom is 0.325 e. The first kappa shape index (κ1) is 15.1. The van der Waals surface area contributed by atoms with Gasteiger partial charge in [0.2, 0.25) is 0 Å². The van der Waals surface area contributed by atoms with Crippen LogP contribution >= 0.6 is 0 Å². The molecule has 2 aliphatic heterocycles. The fraction of sp³-hybridized carbons (Fsp3) is 0.400. The van der Waals surface area contributed by atoms with Crippen LogP contribution in [0.3, 0.4) is 0 Å². The van der Waals surface area contributed by atoms with Gasteiger partial charge in [0.05, 0.1) is 13.2 Å². The largest absolute Gasteiger partial charge is 0.490 e. The lowest BCUT2D eigenvalue weighted by atomic mass is 9.91. The van der Waals surface area contributed by atoms with Gasteiger partial charge in [0.1, 0.15) is 12.1 Å². The van der Waals surface area contributed by atoms with Crippen LogP contribution in [-0.4, -0.2) is 47.7 Å². The molecule has 2 aliphatic rings. The van der Waals surface area contributed by atoms with E-state index in [9.17, 15) is 14.4 Å². The normalized spacial score (nSPS) is 23.4. The molecule has 1 aromatic carbocycles. The smallest absolute Gasteiger partial charge is 0.325 e. The van der Waals surface area contributed by atoms with E-state index >= 15 is 0 Å². The van der Waals surface area contributed by atoms with Crippen molar-refractivity contribution in [3.05, 3.63) is 23.8 Å². The summed E-state index contributed by atoms with van der Waals surface area (Å²) >= 11 is 0. The molecule has 1 fully saturated rings. The van der Waals surface area contributed by atoms with Crippen molar-refractivity contribution in [2.75, 3.05) is 19.8 Å². The number of fused-ring (bicyclic) bond motifs is 1. The lowest BCUT2D eigenvalue weighted by Crippen LogP contribution is -2.41. The molecule has 8 nitrogen and oxygen atoms in total. The number of hydrogen-bond acceptors (Lipinski definition) is 5. The predicted molar refractivity (Wildman–Crippen MR) is 77.3 cm³/mol. The second-order valence-electron chi connectivity index (χ2n) is 5.55.